The summed E-state index contributed by atoms with van der Waals surface area (Å²) in [6, 6.07) is 7.22. The Morgan fingerprint density at radius 2 is 2.16 bits per heavy atom. The van der Waals surface area contributed by atoms with Crippen LogP contribution in [0.2, 0.25) is 0 Å². The van der Waals surface area contributed by atoms with E-state index in [1.165, 1.54) is 34.4 Å². The van der Waals surface area contributed by atoms with Crippen LogP contribution in [0.5, 0.6) is 5.75 Å². The number of benzene rings is 1. The predicted molar refractivity (Wildman–Crippen MR) is 92.8 cm³/mol. The lowest BCUT2D eigenvalue weighted by Gasteiger charge is -2.10. The van der Waals surface area contributed by atoms with E-state index in [1.807, 2.05) is 0 Å². The highest BCUT2D eigenvalue weighted by atomic mass is 32.1. The molecule has 0 bridgehead atoms. The number of hydrogen-bond donors (Lipinski definition) is 1. The van der Waals surface area contributed by atoms with Gasteiger partial charge in [0.1, 0.15) is 18.2 Å². The van der Waals surface area contributed by atoms with Crippen molar-refractivity contribution in [2.75, 3.05) is 6.61 Å². The lowest BCUT2D eigenvalue weighted by molar-refractivity contribution is 0.274. The summed E-state index contributed by atoms with van der Waals surface area (Å²) in [6.45, 7) is 0.271. The maximum absolute atomic E-state index is 12.9. The molecule has 1 atom stereocenters. The minimum Gasteiger partial charge on any atom is -0.487 e. The summed E-state index contributed by atoms with van der Waals surface area (Å²) in [5, 5.41) is 9.23. The molecule has 0 spiro atoms. The first-order valence-corrected chi connectivity index (χ1v) is 9.01. The van der Waals surface area contributed by atoms with Crippen LogP contribution in [0.25, 0.3) is 4.96 Å². The first-order chi connectivity index (χ1) is 12.2. The molecule has 0 aliphatic heterocycles. The Kier molecular flexibility index (Phi) is 4.27. The third-order valence-corrected chi connectivity index (χ3v) is 5.58. The largest absolute Gasteiger partial charge is 0.487 e. The van der Waals surface area contributed by atoms with Gasteiger partial charge >= 0.3 is 0 Å². The van der Waals surface area contributed by atoms with Crippen LogP contribution >= 0.6 is 11.3 Å². The number of aliphatic hydroxyl groups is 1. The summed E-state index contributed by atoms with van der Waals surface area (Å²) in [5.41, 5.74) is 1.44. The molecule has 0 amide bonds. The second kappa shape index (κ2) is 6.57. The van der Waals surface area contributed by atoms with Crippen LogP contribution in [-0.4, -0.2) is 21.1 Å². The van der Waals surface area contributed by atoms with E-state index in [4.69, 9.17) is 4.74 Å². The quantitative estimate of drug-likeness (QED) is 0.760. The summed E-state index contributed by atoms with van der Waals surface area (Å²) in [7, 11) is 0. The molecule has 0 fully saturated rings. The molecule has 1 aromatic carbocycles. The van der Waals surface area contributed by atoms with Crippen molar-refractivity contribution < 1.29 is 14.2 Å². The molecule has 1 aliphatic carbocycles. The Bertz CT molecular complexity index is 965. The summed E-state index contributed by atoms with van der Waals surface area (Å²) < 4.78 is 20.2. The molecule has 2 aromatic heterocycles. The Morgan fingerprint density at radius 3 is 2.92 bits per heavy atom. The number of ether oxygens (including phenoxy) is 1. The normalized spacial score (nSPS) is 16.3. The van der Waals surface area contributed by atoms with Gasteiger partial charge in [-0.05, 0) is 43.5 Å². The monoisotopic (exact) mass is 360 g/mol. The van der Waals surface area contributed by atoms with Gasteiger partial charge in [0.2, 0.25) is 0 Å². The Morgan fingerprint density at radius 1 is 1.36 bits per heavy atom. The molecule has 5 nitrogen and oxygen atoms in total. The molecule has 0 saturated carbocycles. The molecular weight excluding hydrogens is 343 g/mol. The Balaban J connectivity index is 1.62. The molecule has 1 aliphatic rings. The van der Waals surface area contributed by atoms with Crippen molar-refractivity contribution in [3.8, 4) is 5.75 Å². The first kappa shape index (κ1) is 16.2. The first-order valence-electron chi connectivity index (χ1n) is 8.19. The van der Waals surface area contributed by atoms with E-state index < -0.39 is 0 Å². The molecule has 2 heterocycles. The molecule has 7 heteroatoms. The zero-order valence-electron chi connectivity index (χ0n) is 13.4. The van der Waals surface area contributed by atoms with E-state index in [-0.39, 0.29) is 30.5 Å². The van der Waals surface area contributed by atoms with E-state index in [0.29, 0.717) is 22.8 Å². The van der Waals surface area contributed by atoms with Crippen molar-refractivity contribution in [1.82, 2.24) is 9.38 Å². The van der Waals surface area contributed by atoms with Crippen molar-refractivity contribution in [2.45, 2.75) is 31.8 Å². The van der Waals surface area contributed by atoms with Crippen LogP contribution in [0.4, 0.5) is 4.39 Å². The van der Waals surface area contributed by atoms with E-state index in [0.717, 1.165) is 18.5 Å². The zero-order chi connectivity index (χ0) is 17.4. The van der Waals surface area contributed by atoms with Gasteiger partial charge in [0, 0.05) is 29.2 Å². The van der Waals surface area contributed by atoms with Gasteiger partial charge in [0.05, 0.1) is 5.69 Å². The summed E-state index contributed by atoms with van der Waals surface area (Å²) in [4.78, 5) is 19.0. The smallest absolute Gasteiger partial charge is 0.259 e. The standard InChI is InChI=1S/C18H17FN2O3S/c19-12-2-4-14(5-3-12)24-10-13-9-16(23)21-17-11(7-8-22)1-6-15(17)25-18(21)20-13/h2-5,9,11,22H,1,6-8,10H2. The van der Waals surface area contributed by atoms with Crippen molar-refractivity contribution in [3.05, 3.63) is 62.8 Å². The molecule has 1 N–H and O–H groups in total. The number of hydrogen-bond acceptors (Lipinski definition) is 5. The van der Waals surface area contributed by atoms with Gasteiger partial charge in [-0.15, -0.1) is 11.3 Å². The zero-order valence-corrected chi connectivity index (χ0v) is 14.3. The molecule has 3 aromatic rings. The predicted octanol–water partition coefficient (Wildman–Crippen LogP) is 2.89. The van der Waals surface area contributed by atoms with Crippen LogP contribution in [0.15, 0.2) is 35.1 Å². The molecule has 130 valence electrons. The number of fused-ring (bicyclic) bond motifs is 3. The second-order valence-electron chi connectivity index (χ2n) is 6.10. The summed E-state index contributed by atoms with van der Waals surface area (Å²) in [6.07, 6.45) is 2.56. The van der Waals surface area contributed by atoms with Crippen LogP contribution < -0.4 is 10.3 Å². The number of thiazole rings is 1. The number of aryl methyl sites for hydroxylation is 1. The average Bonchev–Trinajstić information content (AvgIpc) is 3.14. The average molecular weight is 360 g/mol. The number of aromatic nitrogens is 2. The van der Waals surface area contributed by atoms with Gasteiger partial charge in [0.25, 0.3) is 5.56 Å². The topological polar surface area (TPSA) is 63.8 Å². The lowest BCUT2D eigenvalue weighted by atomic mass is 10.0. The van der Waals surface area contributed by atoms with Gasteiger partial charge in [-0.2, -0.15) is 0 Å². The number of halogens is 1. The lowest BCUT2D eigenvalue weighted by Crippen LogP contribution is -2.18. The van der Waals surface area contributed by atoms with Crippen LogP contribution in [0.1, 0.15) is 35.0 Å². The number of nitrogens with zero attached hydrogens (tertiary/aromatic N) is 2. The van der Waals surface area contributed by atoms with Crippen LogP contribution in [0.3, 0.4) is 0 Å². The van der Waals surface area contributed by atoms with E-state index in [2.05, 4.69) is 4.98 Å². The summed E-state index contributed by atoms with van der Waals surface area (Å²) >= 11 is 1.53. The fraction of sp³-hybridized carbons (Fsp3) is 0.333. The fourth-order valence-electron chi connectivity index (χ4n) is 3.31. The maximum Gasteiger partial charge on any atom is 0.259 e. The molecule has 1 unspecified atom stereocenters. The van der Waals surface area contributed by atoms with Crippen LogP contribution in [-0.2, 0) is 13.0 Å². The van der Waals surface area contributed by atoms with Crippen molar-refractivity contribution in [3.63, 3.8) is 0 Å². The SMILES string of the molecule is O=c1cc(COc2ccc(F)cc2)nc2sc3c(n12)C(CCO)CC3. The third-order valence-electron chi connectivity index (χ3n) is 4.47. The van der Waals surface area contributed by atoms with Gasteiger partial charge in [0.15, 0.2) is 4.96 Å². The molecule has 4 rings (SSSR count). The molecule has 0 saturated heterocycles. The van der Waals surface area contributed by atoms with Gasteiger partial charge in [-0.3, -0.25) is 9.20 Å². The van der Waals surface area contributed by atoms with Gasteiger partial charge in [-0.25, -0.2) is 9.37 Å². The van der Waals surface area contributed by atoms with Crippen molar-refractivity contribution >= 4 is 16.3 Å². The minimum absolute atomic E-state index is 0.118. The van der Waals surface area contributed by atoms with Crippen LogP contribution in [0, 0.1) is 5.82 Å². The van der Waals surface area contributed by atoms with Gasteiger partial charge < -0.3 is 9.84 Å². The summed E-state index contributed by atoms with van der Waals surface area (Å²) in [5.74, 6) is 0.422. The molecule has 0 radical (unpaired) electrons. The Hall–Kier alpha value is -2.25. The Labute approximate surface area is 147 Å². The maximum atomic E-state index is 12.9. The van der Waals surface area contributed by atoms with Crippen molar-refractivity contribution in [1.29, 1.82) is 0 Å². The molecule has 25 heavy (non-hydrogen) atoms. The molecular formula is C18H17FN2O3S. The highest BCUT2D eigenvalue weighted by Crippen LogP contribution is 2.39. The fourth-order valence-corrected chi connectivity index (χ4v) is 4.56. The van der Waals surface area contributed by atoms with E-state index in [9.17, 15) is 14.3 Å². The third kappa shape index (κ3) is 3.05. The van der Waals surface area contributed by atoms with Gasteiger partial charge in [-0.1, -0.05) is 0 Å². The van der Waals surface area contributed by atoms with Crippen molar-refractivity contribution in [2.24, 2.45) is 0 Å². The highest BCUT2D eigenvalue weighted by Gasteiger charge is 2.28. The minimum atomic E-state index is -0.323. The number of rotatable bonds is 5. The van der Waals surface area contributed by atoms with E-state index >= 15 is 0 Å². The highest BCUT2D eigenvalue weighted by molar-refractivity contribution is 7.17. The second-order valence-corrected chi connectivity index (χ2v) is 7.17. The van der Waals surface area contributed by atoms with E-state index in [1.54, 1.807) is 16.5 Å². The number of aliphatic hydroxyl groups excluding tert-OH is 1.